The summed E-state index contributed by atoms with van der Waals surface area (Å²) in [5, 5.41) is 5.39. The summed E-state index contributed by atoms with van der Waals surface area (Å²) < 4.78 is 0. The normalized spacial score (nSPS) is 23.6. The summed E-state index contributed by atoms with van der Waals surface area (Å²) >= 11 is 6.16. The van der Waals surface area contributed by atoms with Gasteiger partial charge in [-0.3, -0.25) is 34.1 Å². The van der Waals surface area contributed by atoms with Gasteiger partial charge in [-0.2, -0.15) is 0 Å². The van der Waals surface area contributed by atoms with E-state index in [1.54, 1.807) is 29.2 Å². The maximum Gasteiger partial charge on any atom is 0.315 e. The van der Waals surface area contributed by atoms with E-state index in [4.69, 9.17) is 17.3 Å². The first-order chi connectivity index (χ1) is 19.7. The number of hydrogen-bond acceptors (Lipinski definition) is 6. The fourth-order valence-electron chi connectivity index (χ4n) is 6.48. The molecule has 2 saturated heterocycles. The van der Waals surface area contributed by atoms with Gasteiger partial charge in [0.2, 0.25) is 23.6 Å². The highest BCUT2D eigenvalue weighted by atomic mass is 35.5. The zero-order chi connectivity index (χ0) is 30.8. The minimum atomic E-state index is -1.33. The van der Waals surface area contributed by atoms with Crippen LogP contribution in [0.4, 0.5) is 5.69 Å². The van der Waals surface area contributed by atoms with Gasteiger partial charge in [0.15, 0.2) is 0 Å². The number of hydrogen-bond donors (Lipinski definition) is 3. The molecule has 228 valence electrons. The first-order valence-corrected chi connectivity index (χ1v) is 14.9. The predicted octanol–water partition coefficient (Wildman–Crippen LogP) is 2.29. The largest absolute Gasteiger partial charge is 0.361 e. The van der Waals surface area contributed by atoms with Gasteiger partial charge in [-0.05, 0) is 48.8 Å². The Labute approximate surface area is 250 Å². The number of likely N-dealkylation sites (tertiary alicyclic amines) is 1. The van der Waals surface area contributed by atoms with E-state index in [1.165, 1.54) is 4.90 Å². The van der Waals surface area contributed by atoms with Crippen molar-refractivity contribution in [3.63, 3.8) is 0 Å². The number of benzene rings is 1. The van der Waals surface area contributed by atoms with E-state index in [-0.39, 0.29) is 43.7 Å². The summed E-state index contributed by atoms with van der Waals surface area (Å²) in [5.74, 6) is -4.12. The molecule has 3 atom stereocenters. The number of imide groups is 1. The second-order valence-corrected chi connectivity index (χ2v) is 13.5. The van der Waals surface area contributed by atoms with Gasteiger partial charge in [0.1, 0.15) is 12.1 Å². The van der Waals surface area contributed by atoms with E-state index in [0.717, 1.165) is 32.1 Å². The quantitative estimate of drug-likeness (QED) is 0.424. The number of halogens is 1. The Kier molecular flexibility index (Phi) is 9.30. The number of nitrogens with two attached hydrogens (primary N) is 1. The summed E-state index contributed by atoms with van der Waals surface area (Å²) in [5.41, 5.74) is 4.13. The molecule has 2 aliphatic heterocycles. The lowest BCUT2D eigenvalue weighted by molar-refractivity contribution is -0.146. The fourth-order valence-corrected chi connectivity index (χ4v) is 6.67. The van der Waals surface area contributed by atoms with Crippen molar-refractivity contribution in [2.45, 2.75) is 84.2 Å². The van der Waals surface area contributed by atoms with Crippen LogP contribution in [0.25, 0.3) is 0 Å². The molecule has 1 saturated carbocycles. The van der Waals surface area contributed by atoms with Crippen molar-refractivity contribution in [3.05, 3.63) is 29.3 Å². The Hall–Kier alpha value is -3.47. The van der Waals surface area contributed by atoms with Crippen molar-refractivity contribution in [2.24, 2.45) is 22.5 Å². The maximum absolute atomic E-state index is 14.2. The molecular formula is C30H40ClN5O6. The molecule has 0 aromatic heterocycles. The number of primary amides is 1. The average Bonchev–Trinajstić information content (AvgIpc) is 3.45. The molecule has 0 unspecified atom stereocenters. The van der Waals surface area contributed by atoms with Crippen LogP contribution in [0.2, 0.25) is 5.02 Å². The summed E-state index contributed by atoms with van der Waals surface area (Å²) in [7, 11) is 0. The second-order valence-electron chi connectivity index (χ2n) is 13.1. The van der Waals surface area contributed by atoms with Crippen LogP contribution >= 0.6 is 11.6 Å². The van der Waals surface area contributed by atoms with E-state index >= 15 is 0 Å². The number of rotatable bonds is 6. The molecule has 0 bridgehead atoms. The summed E-state index contributed by atoms with van der Waals surface area (Å²) in [4.78, 5) is 80.2. The van der Waals surface area contributed by atoms with Crippen molar-refractivity contribution in [3.8, 4) is 0 Å². The van der Waals surface area contributed by atoms with Gasteiger partial charge in [-0.1, -0.05) is 57.7 Å². The number of nitrogens with one attached hydrogen (secondary N) is 2. The van der Waals surface area contributed by atoms with E-state index in [2.05, 4.69) is 5.32 Å². The maximum atomic E-state index is 14.2. The van der Waals surface area contributed by atoms with Gasteiger partial charge in [0, 0.05) is 42.1 Å². The van der Waals surface area contributed by atoms with E-state index in [1.807, 2.05) is 26.1 Å². The molecule has 42 heavy (non-hydrogen) atoms. The van der Waals surface area contributed by atoms with Gasteiger partial charge in [0.05, 0.1) is 0 Å². The van der Waals surface area contributed by atoms with Crippen LogP contribution in [0.15, 0.2) is 24.3 Å². The first-order valence-electron chi connectivity index (χ1n) is 14.5. The Morgan fingerprint density at radius 3 is 2.40 bits per heavy atom. The van der Waals surface area contributed by atoms with Crippen molar-refractivity contribution in [2.75, 3.05) is 18.0 Å². The number of carbonyl (C=O) groups is 6. The van der Waals surface area contributed by atoms with Gasteiger partial charge in [0.25, 0.3) is 0 Å². The molecule has 1 aliphatic carbocycles. The van der Waals surface area contributed by atoms with Crippen LogP contribution in [-0.4, -0.2) is 65.5 Å². The molecule has 4 N–H and O–H groups in total. The summed E-state index contributed by atoms with van der Waals surface area (Å²) in [6.07, 6.45) is 5.74. The van der Waals surface area contributed by atoms with Gasteiger partial charge in [-0.15, -0.1) is 0 Å². The van der Waals surface area contributed by atoms with Crippen molar-refractivity contribution < 1.29 is 28.8 Å². The monoisotopic (exact) mass is 601 g/mol. The smallest absolute Gasteiger partial charge is 0.315 e. The topological polar surface area (TPSA) is 159 Å². The standard InChI is InChI=1S/C30H40ClN5O6/c1-29(2,3)24(33-22(37)12-18-8-5-4-6-9-18)28(42)36-17-30(14-21(36)26(40)34-27(41)25(32)39)15-23(38)35(16-30)20-11-7-10-19(31)13-20/h7,10-11,13,18,21,24H,4-6,8-9,12,14-17H2,1-3H3,(H2,32,39)(H,33,37)(H,34,40,41)/t21-,24+,30-/m0/s1. The van der Waals surface area contributed by atoms with Gasteiger partial charge >= 0.3 is 11.8 Å². The average molecular weight is 602 g/mol. The lowest BCUT2D eigenvalue weighted by Gasteiger charge is -2.36. The molecule has 11 nitrogen and oxygen atoms in total. The number of amides is 6. The molecule has 3 fully saturated rings. The van der Waals surface area contributed by atoms with Crippen LogP contribution in [0.5, 0.6) is 0 Å². The Morgan fingerprint density at radius 2 is 1.79 bits per heavy atom. The van der Waals surface area contributed by atoms with E-state index in [9.17, 15) is 28.8 Å². The predicted molar refractivity (Wildman–Crippen MR) is 156 cm³/mol. The van der Waals surface area contributed by atoms with Gasteiger partial charge < -0.3 is 20.9 Å². The number of anilines is 1. The highest BCUT2D eigenvalue weighted by Crippen LogP contribution is 2.45. The van der Waals surface area contributed by atoms with Crippen LogP contribution in [0.3, 0.4) is 0 Å². The summed E-state index contributed by atoms with van der Waals surface area (Å²) in [6, 6.07) is 4.73. The Balaban J connectivity index is 1.60. The summed E-state index contributed by atoms with van der Waals surface area (Å²) in [6.45, 7) is 5.75. The zero-order valence-electron chi connectivity index (χ0n) is 24.4. The first kappa shape index (κ1) is 31.5. The number of nitrogens with zero attached hydrogens (tertiary/aromatic N) is 2. The highest BCUT2D eigenvalue weighted by Gasteiger charge is 2.56. The lowest BCUT2D eigenvalue weighted by atomic mass is 9.84. The molecule has 1 spiro atoms. The minimum Gasteiger partial charge on any atom is -0.361 e. The second kappa shape index (κ2) is 12.4. The third-order valence-electron chi connectivity index (χ3n) is 8.61. The van der Waals surface area contributed by atoms with E-state index in [0.29, 0.717) is 17.1 Å². The fraction of sp³-hybridized carbons (Fsp3) is 0.600. The molecule has 1 aromatic rings. The molecule has 3 aliphatic rings. The molecule has 2 heterocycles. The SMILES string of the molecule is CC(C)(C)[C@H](NC(=O)CC1CCCCC1)C(=O)N1C[C@]2(CC(=O)N(c3cccc(Cl)c3)C2)C[C@H]1C(=O)NC(=O)C(N)=O. The van der Waals surface area contributed by atoms with Crippen LogP contribution < -0.4 is 21.3 Å². The molecule has 12 heteroatoms. The third-order valence-corrected chi connectivity index (χ3v) is 8.85. The molecule has 1 aromatic carbocycles. The van der Waals surface area contributed by atoms with Crippen LogP contribution in [0, 0.1) is 16.7 Å². The third kappa shape index (κ3) is 7.11. The molecule has 4 rings (SSSR count). The Morgan fingerprint density at radius 1 is 1.10 bits per heavy atom. The Bertz CT molecular complexity index is 1270. The molecule has 6 amide bonds. The van der Waals surface area contributed by atoms with Gasteiger partial charge in [-0.25, -0.2) is 0 Å². The van der Waals surface area contributed by atoms with Crippen LogP contribution in [0.1, 0.15) is 72.1 Å². The van der Waals surface area contributed by atoms with Crippen molar-refractivity contribution in [1.82, 2.24) is 15.5 Å². The van der Waals surface area contributed by atoms with Crippen molar-refractivity contribution >= 4 is 52.7 Å². The van der Waals surface area contributed by atoms with Crippen molar-refractivity contribution in [1.29, 1.82) is 0 Å². The van der Waals surface area contributed by atoms with Crippen LogP contribution in [-0.2, 0) is 28.8 Å². The highest BCUT2D eigenvalue weighted by molar-refractivity contribution is 6.37. The van der Waals surface area contributed by atoms with E-state index < -0.39 is 46.5 Å². The zero-order valence-corrected chi connectivity index (χ0v) is 25.2. The number of carbonyl (C=O) groups excluding carboxylic acids is 6. The lowest BCUT2D eigenvalue weighted by Crippen LogP contribution is -2.58. The molecule has 0 radical (unpaired) electrons. The minimum absolute atomic E-state index is 0.0442. The molecular weight excluding hydrogens is 562 g/mol.